The average Bonchev–Trinajstić information content (AvgIpc) is 3.09. The van der Waals surface area contributed by atoms with Gasteiger partial charge in [-0.2, -0.15) is 0 Å². The van der Waals surface area contributed by atoms with Crippen LogP contribution in [0.3, 0.4) is 0 Å². The number of hydrogen-bond donors (Lipinski definition) is 1. The number of para-hydroxylation sites is 3. The number of esters is 1. The van der Waals surface area contributed by atoms with Gasteiger partial charge in [0, 0.05) is 30.0 Å². The first-order valence-corrected chi connectivity index (χ1v) is 10.5. The van der Waals surface area contributed by atoms with E-state index in [9.17, 15) is 14.4 Å². The molecule has 2 heterocycles. The summed E-state index contributed by atoms with van der Waals surface area (Å²) in [5, 5.41) is 3.56. The molecule has 0 radical (unpaired) electrons. The molecule has 2 amide bonds. The maximum absolute atomic E-state index is 13.0. The molecule has 0 fully saturated rings. The van der Waals surface area contributed by atoms with Crippen LogP contribution in [0.5, 0.6) is 0 Å². The summed E-state index contributed by atoms with van der Waals surface area (Å²) in [6.45, 7) is 3.82. The van der Waals surface area contributed by atoms with Crippen molar-refractivity contribution in [2.75, 3.05) is 23.4 Å². The predicted molar refractivity (Wildman–Crippen MR) is 118 cm³/mol. The Morgan fingerprint density at radius 1 is 1.16 bits per heavy atom. The molecule has 1 aromatic heterocycles. The molecule has 32 heavy (non-hydrogen) atoms. The molecule has 2 aromatic carbocycles. The Kier molecular flexibility index (Phi) is 6.23. The third-order valence-corrected chi connectivity index (χ3v) is 5.29. The molecule has 4 rings (SSSR count). The third kappa shape index (κ3) is 4.22. The van der Waals surface area contributed by atoms with Crippen LogP contribution in [0.15, 0.2) is 52.9 Å². The molecule has 0 spiro atoms. The van der Waals surface area contributed by atoms with Gasteiger partial charge >= 0.3 is 5.97 Å². The smallest absolute Gasteiger partial charge is 0.375 e. The summed E-state index contributed by atoms with van der Waals surface area (Å²) in [4.78, 5) is 39.5. The van der Waals surface area contributed by atoms with E-state index in [1.54, 1.807) is 37.3 Å². The van der Waals surface area contributed by atoms with Crippen LogP contribution < -0.4 is 10.2 Å². The van der Waals surface area contributed by atoms with Crippen molar-refractivity contribution in [1.82, 2.24) is 0 Å². The predicted octanol–water partition coefficient (Wildman–Crippen LogP) is 3.89. The van der Waals surface area contributed by atoms with Gasteiger partial charge in [-0.15, -0.1) is 0 Å². The second kappa shape index (κ2) is 9.23. The van der Waals surface area contributed by atoms with Crippen LogP contribution in [0.4, 0.5) is 11.4 Å². The SMILES string of the molecule is CCOCc1c(C(=O)OCC(=O)N2c3ccccc3NC(=O)C[C@@H]2C)oc2ccccc12. The molecular formula is C24H24N2O6. The molecule has 8 heteroatoms. The molecule has 1 atom stereocenters. The minimum Gasteiger partial charge on any atom is -0.450 e. The van der Waals surface area contributed by atoms with Gasteiger partial charge in [0.05, 0.1) is 18.0 Å². The van der Waals surface area contributed by atoms with Gasteiger partial charge in [-0.1, -0.05) is 30.3 Å². The summed E-state index contributed by atoms with van der Waals surface area (Å²) in [5.41, 5.74) is 2.23. The van der Waals surface area contributed by atoms with E-state index >= 15 is 0 Å². The number of carbonyl (C=O) groups excluding carboxylic acids is 3. The van der Waals surface area contributed by atoms with Crippen LogP contribution in [-0.2, 0) is 25.7 Å². The van der Waals surface area contributed by atoms with Gasteiger partial charge in [0.25, 0.3) is 5.91 Å². The van der Waals surface area contributed by atoms with E-state index in [0.717, 1.165) is 5.39 Å². The molecule has 1 aliphatic rings. The lowest BCUT2D eigenvalue weighted by atomic mass is 10.1. The molecule has 1 N–H and O–H groups in total. The standard InChI is InChI=1S/C24H24N2O6/c1-3-30-13-17-16-8-4-7-11-20(16)32-23(17)24(29)31-14-22(28)26-15(2)12-21(27)25-18-9-5-6-10-19(18)26/h4-11,15H,3,12-14H2,1-2H3,(H,25,27)/t15-/m0/s1. The maximum atomic E-state index is 13.0. The van der Waals surface area contributed by atoms with Gasteiger partial charge in [0.15, 0.2) is 6.61 Å². The number of nitrogens with zero attached hydrogens (tertiary/aromatic N) is 1. The number of furan rings is 1. The Morgan fingerprint density at radius 3 is 2.72 bits per heavy atom. The summed E-state index contributed by atoms with van der Waals surface area (Å²) in [6, 6.07) is 13.9. The maximum Gasteiger partial charge on any atom is 0.375 e. The van der Waals surface area contributed by atoms with Crippen LogP contribution >= 0.6 is 0 Å². The molecular weight excluding hydrogens is 412 g/mol. The zero-order valence-electron chi connectivity index (χ0n) is 17.9. The fourth-order valence-electron chi connectivity index (χ4n) is 3.84. The van der Waals surface area contributed by atoms with E-state index in [1.807, 2.05) is 25.1 Å². The van der Waals surface area contributed by atoms with Crippen LogP contribution in [-0.4, -0.2) is 37.0 Å². The summed E-state index contributed by atoms with van der Waals surface area (Å²) in [7, 11) is 0. The molecule has 0 bridgehead atoms. The Hall–Kier alpha value is -3.65. The lowest BCUT2D eigenvalue weighted by Crippen LogP contribution is -2.41. The van der Waals surface area contributed by atoms with Crippen LogP contribution in [0.1, 0.15) is 36.4 Å². The van der Waals surface area contributed by atoms with Gasteiger partial charge in [-0.25, -0.2) is 4.79 Å². The number of ether oxygens (including phenoxy) is 2. The highest BCUT2D eigenvalue weighted by Crippen LogP contribution is 2.31. The Balaban J connectivity index is 1.54. The van der Waals surface area contributed by atoms with E-state index in [-0.39, 0.29) is 24.7 Å². The lowest BCUT2D eigenvalue weighted by molar-refractivity contribution is -0.122. The Bertz CT molecular complexity index is 1170. The van der Waals surface area contributed by atoms with Crippen molar-refractivity contribution in [3.63, 3.8) is 0 Å². The highest BCUT2D eigenvalue weighted by Gasteiger charge is 2.31. The zero-order chi connectivity index (χ0) is 22.7. The number of anilines is 2. The van der Waals surface area contributed by atoms with E-state index in [1.165, 1.54) is 4.90 Å². The van der Waals surface area contributed by atoms with Crippen molar-refractivity contribution in [1.29, 1.82) is 0 Å². The van der Waals surface area contributed by atoms with Crippen LogP contribution in [0, 0.1) is 0 Å². The summed E-state index contributed by atoms with van der Waals surface area (Å²) in [6.07, 6.45) is 0.135. The van der Waals surface area contributed by atoms with Crippen molar-refractivity contribution in [2.45, 2.75) is 32.9 Å². The molecule has 3 aromatic rings. The number of rotatable bonds is 6. The Labute approximate surface area is 185 Å². The topological polar surface area (TPSA) is 98.1 Å². The first-order valence-electron chi connectivity index (χ1n) is 10.5. The number of nitrogens with one attached hydrogen (secondary N) is 1. The van der Waals surface area contributed by atoms with Crippen LogP contribution in [0.2, 0.25) is 0 Å². The highest BCUT2D eigenvalue weighted by atomic mass is 16.5. The number of benzene rings is 2. The van der Waals surface area contributed by atoms with Crippen LogP contribution in [0.25, 0.3) is 11.0 Å². The monoisotopic (exact) mass is 436 g/mol. The van der Waals surface area contributed by atoms with Crippen molar-refractivity contribution in [2.24, 2.45) is 0 Å². The molecule has 0 aliphatic carbocycles. The molecule has 166 valence electrons. The summed E-state index contributed by atoms with van der Waals surface area (Å²) in [5.74, 6) is -1.33. The van der Waals surface area contributed by atoms with Crippen molar-refractivity contribution in [3.05, 3.63) is 59.9 Å². The minimum absolute atomic E-state index is 0.0219. The van der Waals surface area contributed by atoms with Gasteiger partial charge in [-0.3, -0.25) is 9.59 Å². The van der Waals surface area contributed by atoms with Crippen molar-refractivity contribution < 1.29 is 28.3 Å². The van der Waals surface area contributed by atoms with Gasteiger partial charge in [0.1, 0.15) is 5.58 Å². The van der Waals surface area contributed by atoms with Crippen molar-refractivity contribution in [3.8, 4) is 0 Å². The number of fused-ring (bicyclic) bond motifs is 2. The molecule has 0 saturated carbocycles. The Morgan fingerprint density at radius 2 is 1.91 bits per heavy atom. The third-order valence-electron chi connectivity index (χ3n) is 5.29. The lowest BCUT2D eigenvalue weighted by Gasteiger charge is -2.27. The van der Waals surface area contributed by atoms with E-state index in [2.05, 4.69) is 5.32 Å². The van der Waals surface area contributed by atoms with Crippen molar-refractivity contribution >= 4 is 40.1 Å². The molecule has 0 saturated heterocycles. The highest BCUT2D eigenvalue weighted by molar-refractivity contribution is 6.05. The number of hydrogen-bond acceptors (Lipinski definition) is 6. The normalized spacial score (nSPS) is 15.8. The van der Waals surface area contributed by atoms with Gasteiger partial charge in [0.2, 0.25) is 11.7 Å². The second-order valence-corrected chi connectivity index (χ2v) is 7.50. The minimum atomic E-state index is -0.741. The average molecular weight is 436 g/mol. The first-order chi connectivity index (χ1) is 15.5. The fourth-order valence-corrected chi connectivity index (χ4v) is 3.84. The summed E-state index contributed by atoms with van der Waals surface area (Å²) < 4.78 is 16.5. The fraction of sp³-hybridized carbons (Fsp3) is 0.292. The van der Waals surface area contributed by atoms with E-state index < -0.39 is 24.5 Å². The second-order valence-electron chi connectivity index (χ2n) is 7.50. The molecule has 8 nitrogen and oxygen atoms in total. The quantitative estimate of drug-likeness (QED) is 0.589. The van der Waals surface area contributed by atoms with Gasteiger partial charge < -0.3 is 24.1 Å². The van der Waals surface area contributed by atoms with E-state index in [0.29, 0.717) is 29.1 Å². The van der Waals surface area contributed by atoms with Gasteiger partial charge in [-0.05, 0) is 32.0 Å². The first kappa shape index (κ1) is 21.6. The summed E-state index contributed by atoms with van der Waals surface area (Å²) >= 11 is 0. The molecule has 1 aliphatic heterocycles. The molecule has 0 unspecified atom stereocenters. The largest absolute Gasteiger partial charge is 0.450 e. The number of amides is 2. The number of carbonyl (C=O) groups is 3. The zero-order valence-corrected chi connectivity index (χ0v) is 17.9. The van der Waals surface area contributed by atoms with E-state index in [4.69, 9.17) is 13.9 Å².